The predicted molar refractivity (Wildman–Crippen MR) is 104 cm³/mol. The van der Waals surface area contributed by atoms with Gasteiger partial charge in [0, 0.05) is 26.2 Å². The van der Waals surface area contributed by atoms with Crippen LogP contribution in [0, 0.1) is 0 Å². The van der Waals surface area contributed by atoms with E-state index in [0.29, 0.717) is 13.2 Å². The number of morpholine rings is 1. The fraction of sp³-hybridized carbons (Fsp3) is 0.409. The second-order valence-corrected chi connectivity index (χ2v) is 6.83. The summed E-state index contributed by atoms with van der Waals surface area (Å²) < 4.78 is 5.86. The first-order chi connectivity index (χ1) is 12.8. The summed E-state index contributed by atoms with van der Waals surface area (Å²) in [6.45, 7) is 6.03. The SMILES string of the molecule is CCC(C(=O)NCC1CN(Cc2ccccc2)CCO1)c1ccccc1. The van der Waals surface area contributed by atoms with E-state index in [0.717, 1.165) is 31.6 Å². The molecule has 2 aromatic rings. The number of hydrogen-bond donors (Lipinski definition) is 1. The Morgan fingerprint density at radius 3 is 2.54 bits per heavy atom. The van der Waals surface area contributed by atoms with Crippen LogP contribution >= 0.6 is 0 Å². The molecule has 138 valence electrons. The number of carbonyl (C=O) groups excluding carboxylic acids is 1. The zero-order chi connectivity index (χ0) is 18.2. The van der Waals surface area contributed by atoms with E-state index in [4.69, 9.17) is 4.74 Å². The molecular formula is C22H28N2O2. The van der Waals surface area contributed by atoms with Crippen LogP contribution in [0.4, 0.5) is 0 Å². The van der Waals surface area contributed by atoms with Gasteiger partial charge in [-0.05, 0) is 17.5 Å². The molecule has 2 unspecified atom stereocenters. The van der Waals surface area contributed by atoms with E-state index in [1.165, 1.54) is 5.56 Å². The van der Waals surface area contributed by atoms with Gasteiger partial charge in [-0.1, -0.05) is 67.6 Å². The van der Waals surface area contributed by atoms with E-state index < -0.39 is 0 Å². The third-order valence-electron chi connectivity index (χ3n) is 4.90. The van der Waals surface area contributed by atoms with Crippen LogP contribution < -0.4 is 5.32 Å². The van der Waals surface area contributed by atoms with Crippen LogP contribution in [-0.4, -0.2) is 43.2 Å². The van der Waals surface area contributed by atoms with Gasteiger partial charge in [0.2, 0.25) is 5.91 Å². The molecule has 2 atom stereocenters. The Morgan fingerprint density at radius 2 is 1.85 bits per heavy atom. The minimum absolute atomic E-state index is 0.0460. The topological polar surface area (TPSA) is 41.6 Å². The summed E-state index contributed by atoms with van der Waals surface area (Å²) in [4.78, 5) is 15.0. The van der Waals surface area contributed by atoms with Gasteiger partial charge < -0.3 is 10.1 Å². The number of benzene rings is 2. The summed E-state index contributed by atoms with van der Waals surface area (Å²) in [6.07, 6.45) is 0.839. The monoisotopic (exact) mass is 352 g/mol. The maximum atomic E-state index is 12.6. The molecule has 0 radical (unpaired) electrons. The number of ether oxygens (including phenoxy) is 1. The van der Waals surface area contributed by atoms with E-state index in [1.807, 2.05) is 36.4 Å². The molecule has 1 fully saturated rings. The highest BCUT2D eigenvalue weighted by Gasteiger charge is 2.23. The Hall–Kier alpha value is -2.17. The van der Waals surface area contributed by atoms with Crippen molar-refractivity contribution in [3.05, 3.63) is 71.8 Å². The molecule has 1 saturated heterocycles. The molecule has 4 heteroatoms. The zero-order valence-electron chi connectivity index (χ0n) is 15.4. The Balaban J connectivity index is 1.50. The molecule has 1 heterocycles. The summed E-state index contributed by atoms with van der Waals surface area (Å²) in [5, 5.41) is 3.10. The second kappa shape index (κ2) is 9.51. The lowest BCUT2D eigenvalue weighted by molar-refractivity contribution is -0.123. The van der Waals surface area contributed by atoms with Crippen molar-refractivity contribution in [2.45, 2.75) is 31.9 Å². The Morgan fingerprint density at radius 1 is 1.15 bits per heavy atom. The first-order valence-electron chi connectivity index (χ1n) is 9.46. The largest absolute Gasteiger partial charge is 0.374 e. The summed E-state index contributed by atoms with van der Waals surface area (Å²) in [5.41, 5.74) is 2.38. The summed E-state index contributed by atoms with van der Waals surface area (Å²) in [7, 11) is 0. The number of amides is 1. The second-order valence-electron chi connectivity index (χ2n) is 6.83. The highest BCUT2D eigenvalue weighted by Crippen LogP contribution is 2.19. The average molecular weight is 352 g/mol. The van der Waals surface area contributed by atoms with E-state index in [2.05, 4.69) is 41.4 Å². The Bertz CT molecular complexity index is 675. The van der Waals surface area contributed by atoms with Crippen LogP contribution in [0.1, 0.15) is 30.4 Å². The van der Waals surface area contributed by atoms with Crippen molar-refractivity contribution < 1.29 is 9.53 Å². The lowest BCUT2D eigenvalue weighted by atomic mass is 9.95. The van der Waals surface area contributed by atoms with Crippen LogP contribution in [0.5, 0.6) is 0 Å². The minimum atomic E-state index is -0.0970. The fourth-order valence-corrected chi connectivity index (χ4v) is 3.48. The average Bonchev–Trinajstić information content (AvgIpc) is 2.69. The lowest BCUT2D eigenvalue weighted by Crippen LogP contribution is -2.47. The summed E-state index contributed by atoms with van der Waals surface area (Å²) in [5.74, 6) is -0.0114. The Kier molecular flexibility index (Phi) is 6.81. The van der Waals surface area contributed by atoms with E-state index in [-0.39, 0.29) is 17.9 Å². The third kappa shape index (κ3) is 5.16. The van der Waals surface area contributed by atoms with Gasteiger partial charge in [-0.2, -0.15) is 0 Å². The molecule has 1 amide bonds. The van der Waals surface area contributed by atoms with Gasteiger partial charge in [0.25, 0.3) is 0 Å². The molecule has 0 spiro atoms. The van der Waals surface area contributed by atoms with Crippen molar-refractivity contribution in [1.29, 1.82) is 0 Å². The van der Waals surface area contributed by atoms with Crippen molar-refractivity contribution in [2.75, 3.05) is 26.2 Å². The van der Waals surface area contributed by atoms with Crippen LogP contribution in [0.3, 0.4) is 0 Å². The van der Waals surface area contributed by atoms with Crippen molar-refractivity contribution in [1.82, 2.24) is 10.2 Å². The quantitative estimate of drug-likeness (QED) is 0.832. The standard InChI is InChI=1S/C22H28N2O2/c1-2-21(19-11-7-4-8-12-19)22(25)23-15-20-17-24(13-14-26-20)16-18-9-5-3-6-10-18/h3-12,20-21H,2,13-17H2,1H3,(H,23,25). The molecule has 1 aliphatic rings. The molecule has 3 rings (SSSR count). The van der Waals surface area contributed by atoms with E-state index in [1.54, 1.807) is 0 Å². The first kappa shape index (κ1) is 18.6. The van der Waals surface area contributed by atoms with Gasteiger partial charge in [-0.25, -0.2) is 0 Å². The highest BCUT2D eigenvalue weighted by atomic mass is 16.5. The van der Waals surface area contributed by atoms with Gasteiger partial charge in [0.1, 0.15) is 0 Å². The number of rotatable bonds is 7. The molecule has 0 saturated carbocycles. The normalized spacial score (nSPS) is 19.0. The van der Waals surface area contributed by atoms with Gasteiger partial charge in [0.15, 0.2) is 0 Å². The molecule has 1 N–H and O–H groups in total. The maximum absolute atomic E-state index is 12.6. The molecule has 0 aromatic heterocycles. The number of carbonyl (C=O) groups is 1. The molecular weight excluding hydrogens is 324 g/mol. The molecule has 0 bridgehead atoms. The fourth-order valence-electron chi connectivity index (χ4n) is 3.48. The van der Waals surface area contributed by atoms with Crippen molar-refractivity contribution in [2.24, 2.45) is 0 Å². The zero-order valence-corrected chi connectivity index (χ0v) is 15.4. The van der Waals surface area contributed by atoms with E-state index in [9.17, 15) is 4.79 Å². The van der Waals surface area contributed by atoms with Crippen LogP contribution in [0.25, 0.3) is 0 Å². The maximum Gasteiger partial charge on any atom is 0.227 e. The first-order valence-corrected chi connectivity index (χ1v) is 9.46. The molecule has 4 nitrogen and oxygen atoms in total. The number of nitrogens with zero attached hydrogens (tertiary/aromatic N) is 1. The van der Waals surface area contributed by atoms with Crippen LogP contribution in [0.15, 0.2) is 60.7 Å². The van der Waals surface area contributed by atoms with Gasteiger partial charge in [0.05, 0.1) is 18.6 Å². The summed E-state index contributed by atoms with van der Waals surface area (Å²) in [6, 6.07) is 20.5. The third-order valence-corrected chi connectivity index (χ3v) is 4.90. The predicted octanol–water partition coefficient (Wildman–Crippen LogP) is 3.20. The molecule has 1 aliphatic heterocycles. The number of hydrogen-bond acceptors (Lipinski definition) is 3. The van der Waals surface area contributed by atoms with Gasteiger partial charge >= 0.3 is 0 Å². The van der Waals surface area contributed by atoms with Crippen molar-refractivity contribution in [3.8, 4) is 0 Å². The van der Waals surface area contributed by atoms with Crippen molar-refractivity contribution in [3.63, 3.8) is 0 Å². The molecule has 26 heavy (non-hydrogen) atoms. The highest BCUT2D eigenvalue weighted by molar-refractivity contribution is 5.83. The molecule has 0 aliphatic carbocycles. The smallest absolute Gasteiger partial charge is 0.227 e. The van der Waals surface area contributed by atoms with Crippen molar-refractivity contribution >= 4 is 5.91 Å². The van der Waals surface area contributed by atoms with Gasteiger partial charge in [-0.3, -0.25) is 9.69 Å². The van der Waals surface area contributed by atoms with Crippen LogP contribution in [-0.2, 0) is 16.1 Å². The van der Waals surface area contributed by atoms with Crippen LogP contribution in [0.2, 0.25) is 0 Å². The molecule has 2 aromatic carbocycles. The van der Waals surface area contributed by atoms with Gasteiger partial charge in [-0.15, -0.1) is 0 Å². The lowest BCUT2D eigenvalue weighted by Gasteiger charge is -2.33. The Labute approximate surface area is 156 Å². The van der Waals surface area contributed by atoms with E-state index >= 15 is 0 Å². The minimum Gasteiger partial charge on any atom is -0.374 e. The number of nitrogens with one attached hydrogen (secondary N) is 1. The summed E-state index contributed by atoms with van der Waals surface area (Å²) >= 11 is 0.